The van der Waals surface area contributed by atoms with Gasteiger partial charge in [-0.2, -0.15) is 19.0 Å². The van der Waals surface area contributed by atoms with Crippen LogP contribution < -0.4 is 4.90 Å². The Morgan fingerprint density at radius 1 is 0.889 bits per heavy atom. The van der Waals surface area contributed by atoms with Crippen molar-refractivity contribution in [1.82, 2.24) is 0 Å². The highest BCUT2D eigenvalue weighted by Gasteiger charge is 2.12. The van der Waals surface area contributed by atoms with Gasteiger partial charge in [-0.25, -0.2) is 9.18 Å². The highest BCUT2D eigenvalue weighted by atomic mass is 19.3. The smallest absolute Gasteiger partial charge is 0.338 e. The Kier molecular flexibility index (Phi) is 8.87. The fourth-order valence-electron chi connectivity index (χ4n) is 3.15. The number of azo groups is 1. The van der Waals surface area contributed by atoms with Crippen molar-refractivity contribution < 1.29 is 27.6 Å². The first-order valence-electron chi connectivity index (χ1n) is 10.8. The summed E-state index contributed by atoms with van der Waals surface area (Å²) in [5, 5.41) is 18.9. The van der Waals surface area contributed by atoms with Gasteiger partial charge in [0.25, 0.3) is 5.69 Å². The van der Waals surface area contributed by atoms with E-state index in [4.69, 9.17) is 4.74 Å². The molecule has 0 heterocycles. The molecule has 0 N–H and O–H groups in total. The lowest BCUT2D eigenvalue weighted by molar-refractivity contribution is -0.384. The lowest BCUT2D eigenvalue weighted by atomic mass is 10.1. The number of anilines is 1. The van der Waals surface area contributed by atoms with E-state index in [-0.39, 0.29) is 23.4 Å². The van der Waals surface area contributed by atoms with E-state index in [2.05, 4.69) is 10.2 Å². The molecule has 0 aliphatic heterocycles. The van der Waals surface area contributed by atoms with Crippen LogP contribution in [0.25, 0.3) is 5.83 Å². The SMILES string of the molecule is CCN(CCOC(=O)c1ccc(C(F)=C(F)F)cc1)c1ccc(/N=N/c2ccc([N+](=O)[O-])cc2)cc1. The lowest BCUT2D eigenvalue weighted by Gasteiger charge is -2.23. The summed E-state index contributed by atoms with van der Waals surface area (Å²) in [5.74, 6) is -2.28. The number of ether oxygens (including phenoxy) is 1. The standard InChI is InChI=1S/C25H21F3N4O4/c1-2-31(15-16-36-25(33)18-5-3-17(4-6-18)23(26)24(27)28)21-11-7-19(8-12-21)29-30-20-9-13-22(14-10-20)32(34)35/h3-14H,2,15-16H2,1H3/b30-29+. The summed E-state index contributed by atoms with van der Waals surface area (Å²) in [6.45, 7) is 3.04. The summed E-state index contributed by atoms with van der Waals surface area (Å²) >= 11 is 0. The molecule has 0 fully saturated rings. The highest BCUT2D eigenvalue weighted by molar-refractivity contribution is 5.89. The molecule has 0 atom stereocenters. The van der Waals surface area contributed by atoms with Crippen molar-refractivity contribution in [2.24, 2.45) is 10.2 Å². The number of nitrogens with zero attached hydrogens (tertiary/aromatic N) is 4. The van der Waals surface area contributed by atoms with Crippen LogP contribution in [0.15, 0.2) is 89.1 Å². The van der Waals surface area contributed by atoms with Crippen LogP contribution in [0.4, 0.5) is 35.9 Å². The number of benzene rings is 3. The van der Waals surface area contributed by atoms with E-state index in [1.165, 1.54) is 36.4 Å². The molecule has 0 aliphatic rings. The van der Waals surface area contributed by atoms with Crippen molar-refractivity contribution in [3.63, 3.8) is 0 Å². The van der Waals surface area contributed by atoms with Crippen LogP contribution in [-0.4, -0.2) is 30.6 Å². The first-order valence-corrected chi connectivity index (χ1v) is 10.8. The molecule has 8 nitrogen and oxygen atoms in total. The van der Waals surface area contributed by atoms with Gasteiger partial charge in [-0.05, 0) is 55.5 Å². The average molecular weight is 498 g/mol. The maximum atomic E-state index is 13.2. The molecule has 0 radical (unpaired) electrons. The predicted octanol–water partition coefficient (Wildman–Crippen LogP) is 7.23. The molecule has 186 valence electrons. The summed E-state index contributed by atoms with van der Waals surface area (Å²) in [7, 11) is 0. The van der Waals surface area contributed by atoms with Crippen molar-refractivity contribution in [3.8, 4) is 0 Å². The number of carbonyl (C=O) groups is 1. The van der Waals surface area contributed by atoms with Gasteiger partial charge in [0.2, 0.25) is 0 Å². The Bertz CT molecular complexity index is 1260. The number of hydrogen-bond acceptors (Lipinski definition) is 7. The summed E-state index contributed by atoms with van der Waals surface area (Å²) in [6.07, 6.45) is -2.43. The minimum atomic E-state index is -2.43. The number of halogens is 3. The fourth-order valence-corrected chi connectivity index (χ4v) is 3.15. The van der Waals surface area contributed by atoms with Gasteiger partial charge in [-0.15, -0.1) is 0 Å². The second kappa shape index (κ2) is 12.2. The van der Waals surface area contributed by atoms with Gasteiger partial charge >= 0.3 is 12.0 Å². The molecule has 0 unspecified atom stereocenters. The third kappa shape index (κ3) is 6.98. The van der Waals surface area contributed by atoms with Crippen LogP contribution in [0.5, 0.6) is 0 Å². The van der Waals surface area contributed by atoms with Gasteiger partial charge in [0, 0.05) is 29.9 Å². The van der Waals surface area contributed by atoms with Gasteiger partial charge in [-0.3, -0.25) is 10.1 Å². The highest BCUT2D eigenvalue weighted by Crippen LogP contribution is 2.24. The average Bonchev–Trinajstić information content (AvgIpc) is 2.90. The van der Waals surface area contributed by atoms with Gasteiger partial charge in [0.15, 0.2) is 5.83 Å². The largest absolute Gasteiger partial charge is 0.460 e. The molecule has 0 spiro atoms. The van der Waals surface area contributed by atoms with Crippen LogP contribution in [0, 0.1) is 10.1 Å². The second-order valence-corrected chi connectivity index (χ2v) is 7.36. The molecule has 0 bridgehead atoms. The Balaban J connectivity index is 1.53. The molecule has 0 aromatic heterocycles. The Morgan fingerprint density at radius 3 is 1.92 bits per heavy atom. The number of likely N-dealkylation sites (N-methyl/N-ethyl adjacent to an activating group) is 1. The molecular formula is C25H21F3N4O4. The van der Waals surface area contributed by atoms with Crippen LogP contribution in [0.2, 0.25) is 0 Å². The van der Waals surface area contributed by atoms with E-state index in [1.54, 1.807) is 12.1 Å². The summed E-state index contributed by atoms with van der Waals surface area (Å²) < 4.78 is 43.2. The molecule has 3 aromatic carbocycles. The number of carbonyl (C=O) groups excluding carboxylic acids is 1. The van der Waals surface area contributed by atoms with Crippen LogP contribution in [0.1, 0.15) is 22.8 Å². The quantitative estimate of drug-likeness (QED) is 0.127. The number of nitro groups is 1. The zero-order valence-electron chi connectivity index (χ0n) is 19.1. The topological polar surface area (TPSA) is 97.4 Å². The normalized spacial score (nSPS) is 10.8. The molecule has 3 rings (SSSR count). The predicted molar refractivity (Wildman–Crippen MR) is 129 cm³/mol. The number of rotatable bonds is 10. The summed E-state index contributed by atoms with van der Waals surface area (Å²) in [5.41, 5.74) is 1.70. The Morgan fingerprint density at radius 2 is 1.42 bits per heavy atom. The van der Waals surface area contributed by atoms with Crippen LogP contribution in [-0.2, 0) is 4.74 Å². The first kappa shape index (κ1) is 26.1. The van der Waals surface area contributed by atoms with Crippen molar-refractivity contribution in [2.45, 2.75) is 6.92 Å². The molecule has 0 saturated carbocycles. The van der Waals surface area contributed by atoms with Crippen molar-refractivity contribution >= 4 is 34.5 Å². The molecule has 0 saturated heterocycles. The summed E-state index contributed by atoms with van der Waals surface area (Å²) in [6, 6.07) is 17.5. The number of esters is 1. The van der Waals surface area contributed by atoms with E-state index in [0.717, 1.165) is 17.8 Å². The van der Waals surface area contributed by atoms with Crippen LogP contribution in [0.3, 0.4) is 0 Å². The van der Waals surface area contributed by atoms with E-state index >= 15 is 0 Å². The monoisotopic (exact) mass is 498 g/mol. The van der Waals surface area contributed by atoms with Gasteiger partial charge in [-0.1, -0.05) is 12.1 Å². The lowest BCUT2D eigenvalue weighted by Crippen LogP contribution is -2.27. The maximum Gasteiger partial charge on any atom is 0.338 e. The first-order chi connectivity index (χ1) is 17.3. The van der Waals surface area contributed by atoms with Crippen molar-refractivity contribution in [3.05, 3.63) is 100 Å². The molecule has 3 aromatic rings. The van der Waals surface area contributed by atoms with E-state index < -0.39 is 22.8 Å². The number of nitro benzene ring substituents is 1. The molecular weight excluding hydrogens is 477 g/mol. The summed E-state index contributed by atoms with van der Waals surface area (Å²) in [4.78, 5) is 24.4. The third-order valence-electron chi connectivity index (χ3n) is 5.07. The Hall–Kier alpha value is -4.54. The maximum absolute atomic E-state index is 13.2. The van der Waals surface area contributed by atoms with Crippen molar-refractivity contribution in [1.29, 1.82) is 0 Å². The molecule has 11 heteroatoms. The Labute approximate surface area is 204 Å². The third-order valence-corrected chi connectivity index (χ3v) is 5.07. The van der Waals surface area contributed by atoms with Crippen molar-refractivity contribution in [2.75, 3.05) is 24.6 Å². The van der Waals surface area contributed by atoms with Gasteiger partial charge in [0.1, 0.15) is 6.61 Å². The van der Waals surface area contributed by atoms with E-state index in [9.17, 15) is 28.1 Å². The fraction of sp³-hybridized carbons (Fsp3) is 0.160. The van der Waals surface area contributed by atoms with Crippen LogP contribution >= 0.6 is 0 Å². The van der Waals surface area contributed by atoms with E-state index in [1.807, 2.05) is 24.0 Å². The van der Waals surface area contributed by atoms with Gasteiger partial charge < -0.3 is 9.64 Å². The second-order valence-electron chi connectivity index (χ2n) is 7.36. The molecule has 0 amide bonds. The number of non-ortho nitro benzene ring substituents is 1. The minimum absolute atomic E-state index is 0.0281. The van der Waals surface area contributed by atoms with E-state index in [0.29, 0.717) is 24.5 Å². The molecule has 36 heavy (non-hydrogen) atoms. The zero-order valence-corrected chi connectivity index (χ0v) is 19.1. The molecule has 0 aliphatic carbocycles. The number of hydrogen-bond donors (Lipinski definition) is 0. The minimum Gasteiger partial charge on any atom is -0.460 e. The van der Waals surface area contributed by atoms with Gasteiger partial charge in [0.05, 0.1) is 28.4 Å². The zero-order chi connectivity index (χ0) is 26.1.